The SMILES string of the molecule is N#CC[C@H](CCN1CCCC(F)(F)C1)NC(=O)C(=N)/C=C(\NC1CCCC1)c1ccccc1Cl. The van der Waals surface area contributed by atoms with Gasteiger partial charge in [-0.05, 0) is 44.4 Å². The predicted octanol–water partition coefficient (Wildman–Crippen LogP) is 4.75. The lowest BCUT2D eigenvalue weighted by Gasteiger charge is -2.33. The van der Waals surface area contributed by atoms with Crippen molar-refractivity contribution in [2.24, 2.45) is 0 Å². The van der Waals surface area contributed by atoms with Gasteiger partial charge in [0.15, 0.2) is 0 Å². The summed E-state index contributed by atoms with van der Waals surface area (Å²) in [7, 11) is 0. The standard InChI is InChI=1S/C25H32ClF2N5O/c26-21-9-4-3-8-20(21)23(31-18-6-1-2-7-18)16-22(30)24(34)32-19(10-13-29)11-15-33-14-5-12-25(27,28)17-33/h3-4,8-9,16,18-19,30-31H,1-2,5-7,10-12,14-15,17H2,(H,32,34)/b23-16-,30-22?/t19-/m1/s1. The number of nitrogens with one attached hydrogen (secondary N) is 3. The lowest BCUT2D eigenvalue weighted by Crippen LogP contribution is -2.45. The van der Waals surface area contributed by atoms with Crippen molar-refractivity contribution in [3.05, 3.63) is 40.9 Å². The van der Waals surface area contributed by atoms with Gasteiger partial charge in [-0.25, -0.2) is 8.78 Å². The second kappa shape index (κ2) is 12.3. The van der Waals surface area contributed by atoms with Crippen LogP contribution in [0.4, 0.5) is 8.78 Å². The Bertz CT molecular complexity index is 939. The molecule has 0 radical (unpaired) electrons. The highest BCUT2D eigenvalue weighted by molar-refractivity contribution is 6.43. The monoisotopic (exact) mass is 491 g/mol. The van der Waals surface area contributed by atoms with E-state index < -0.39 is 17.9 Å². The van der Waals surface area contributed by atoms with Crippen LogP contribution in [0.25, 0.3) is 5.70 Å². The smallest absolute Gasteiger partial charge is 0.269 e. The fourth-order valence-corrected chi connectivity index (χ4v) is 4.79. The van der Waals surface area contributed by atoms with E-state index in [0.29, 0.717) is 42.2 Å². The molecule has 1 atom stereocenters. The largest absolute Gasteiger partial charge is 0.382 e. The number of hydrogen-bond acceptors (Lipinski definition) is 5. The number of rotatable bonds is 10. The van der Waals surface area contributed by atoms with Crippen molar-refractivity contribution in [1.82, 2.24) is 15.5 Å². The Morgan fingerprint density at radius 1 is 1.32 bits per heavy atom. The van der Waals surface area contributed by atoms with Gasteiger partial charge in [0, 0.05) is 41.3 Å². The van der Waals surface area contributed by atoms with Crippen molar-refractivity contribution in [2.75, 3.05) is 19.6 Å². The lowest BCUT2D eigenvalue weighted by atomic mass is 10.1. The van der Waals surface area contributed by atoms with E-state index in [-0.39, 0.29) is 31.1 Å². The van der Waals surface area contributed by atoms with Gasteiger partial charge in [0.1, 0.15) is 5.71 Å². The fraction of sp³-hybridized carbons (Fsp3) is 0.560. The Labute approximate surface area is 204 Å². The number of amides is 1. The van der Waals surface area contributed by atoms with Gasteiger partial charge < -0.3 is 10.6 Å². The van der Waals surface area contributed by atoms with E-state index in [1.807, 2.05) is 24.3 Å². The van der Waals surface area contributed by atoms with Gasteiger partial charge in [-0.3, -0.25) is 15.1 Å². The molecular weight excluding hydrogens is 460 g/mol. The molecule has 0 aromatic heterocycles. The fourth-order valence-electron chi connectivity index (χ4n) is 4.55. The zero-order valence-electron chi connectivity index (χ0n) is 19.3. The van der Waals surface area contributed by atoms with E-state index in [9.17, 15) is 13.6 Å². The van der Waals surface area contributed by atoms with E-state index >= 15 is 0 Å². The molecular formula is C25H32ClF2N5O. The van der Waals surface area contributed by atoms with Gasteiger partial charge in [-0.15, -0.1) is 0 Å². The topological polar surface area (TPSA) is 92.0 Å². The highest BCUT2D eigenvalue weighted by Gasteiger charge is 2.35. The van der Waals surface area contributed by atoms with Crippen LogP contribution in [0.3, 0.4) is 0 Å². The van der Waals surface area contributed by atoms with Gasteiger partial charge in [0.25, 0.3) is 11.8 Å². The summed E-state index contributed by atoms with van der Waals surface area (Å²) in [6, 6.07) is 9.05. The molecule has 1 amide bonds. The number of carbonyl (C=O) groups is 1. The first-order valence-electron chi connectivity index (χ1n) is 11.9. The number of hydrogen-bond donors (Lipinski definition) is 3. The second-order valence-corrected chi connectivity index (χ2v) is 9.54. The molecule has 2 aliphatic rings. The average molecular weight is 492 g/mol. The number of alkyl halides is 2. The van der Waals surface area contributed by atoms with E-state index in [2.05, 4.69) is 10.6 Å². The molecule has 1 aliphatic carbocycles. The number of carbonyl (C=O) groups excluding carboxylic acids is 1. The highest BCUT2D eigenvalue weighted by atomic mass is 35.5. The Morgan fingerprint density at radius 3 is 2.74 bits per heavy atom. The van der Waals surface area contributed by atoms with Crippen LogP contribution in [0.1, 0.15) is 56.9 Å². The maximum atomic E-state index is 13.7. The van der Waals surface area contributed by atoms with Crippen LogP contribution < -0.4 is 10.6 Å². The van der Waals surface area contributed by atoms with Gasteiger partial charge in [-0.2, -0.15) is 5.26 Å². The minimum atomic E-state index is -2.69. The number of likely N-dealkylation sites (tertiary alicyclic amines) is 1. The highest BCUT2D eigenvalue weighted by Crippen LogP contribution is 2.27. The van der Waals surface area contributed by atoms with E-state index in [1.54, 1.807) is 11.0 Å². The third kappa shape index (κ3) is 7.78. The van der Waals surface area contributed by atoms with Crippen LogP contribution in [0.5, 0.6) is 0 Å². The molecule has 3 N–H and O–H groups in total. The van der Waals surface area contributed by atoms with Gasteiger partial charge in [-0.1, -0.05) is 42.6 Å². The van der Waals surface area contributed by atoms with Crippen LogP contribution in [0.2, 0.25) is 5.02 Å². The first-order valence-corrected chi connectivity index (χ1v) is 12.2. The molecule has 34 heavy (non-hydrogen) atoms. The van der Waals surface area contributed by atoms with Gasteiger partial charge >= 0.3 is 0 Å². The summed E-state index contributed by atoms with van der Waals surface area (Å²) in [5.41, 5.74) is 1.08. The summed E-state index contributed by atoms with van der Waals surface area (Å²) in [5, 5.41) is 24.2. The summed E-state index contributed by atoms with van der Waals surface area (Å²) >= 11 is 6.38. The minimum Gasteiger partial charge on any atom is -0.382 e. The zero-order chi connectivity index (χ0) is 24.6. The first-order chi connectivity index (χ1) is 16.3. The molecule has 9 heteroatoms. The molecule has 6 nitrogen and oxygen atoms in total. The number of halogens is 3. The summed E-state index contributed by atoms with van der Waals surface area (Å²) in [4.78, 5) is 14.5. The van der Waals surface area contributed by atoms with E-state index in [4.69, 9.17) is 22.3 Å². The molecule has 1 aromatic rings. The number of nitrogens with zero attached hydrogens (tertiary/aromatic N) is 2. The van der Waals surface area contributed by atoms with Crippen molar-refractivity contribution >= 4 is 28.9 Å². The Kier molecular flexibility index (Phi) is 9.43. The van der Waals surface area contributed by atoms with Gasteiger partial charge in [0.2, 0.25) is 0 Å². The molecule has 1 saturated heterocycles. The van der Waals surface area contributed by atoms with Crippen LogP contribution in [-0.2, 0) is 4.79 Å². The molecule has 1 aliphatic heterocycles. The van der Waals surface area contributed by atoms with Crippen molar-refractivity contribution in [1.29, 1.82) is 10.7 Å². The predicted molar refractivity (Wildman–Crippen MR) is 130 cm³/mol. The number of piperidine rings is 1. The Hall–Kier alpha value is -2.50. The van der Waals surface area contributed by atoms with Crippen LogP contribution in [-0.4, -0.2) is 54.2 Å². The quantitative estimate of drug-likeness (QED) is 0.412. The van der Waals surface area contributed by atoms with Crippen molar-refractivity contribution in [2.45, 2.75) is 69.4 Å². The molecule has 1 saturated carbocycles. The van der Waals surface area contributed by atoms with Crippen molar-refractivity contribution in [3.8, 4) is 6.07 Å². The lowest BCUT2D eigenvalue weighted by molar-refractivity contribution is -0.115. The molecule has 1 heterocycles. The molecule has 2 fully saturated rings. The third-order valence-corrected chi connectivity index (χ3v) is 6.68. The molecule has 3 rings (SSSR count). The van der Waals surface area contributed by atoms with Crippen LogP contribution >= 0.6 is 11.6 Å². The van der Waals surface area contributed by atoms with Crippen molar-refractivity contribution in [3.63, 3.8) is 0 Å². The number of nitriles is 1. The maximum Gasteiger partial charge on any atom is 0.269 e. The average Bonchev–Trinajstić information content (AvgIpc) is 3.30. The normalized spacial score (nSPS) is 19.9. The molecule has 0 unspecified atom stereocenters. The van der Waals surface area contributed by atoms with E-state index in [1.165, 1.54) is 6.08 Å². The second-order valence-electron chi connectivity index (χ2n) is 9.13. The first kappa shape index (κ1) is 26.1. The molecule has 0 spiro atoms. The minimum absolute atomic E-state index is 0.0463. The third-order valence-electron chi connectivity index (χ3n) is 6.35. The summed E-state index contributed by atoms with van der Waals surface area (Å²) in [6.07, 6.45) is 6.50. The van der Waals surface area contributed by atoms with Gasteiger partial charge in [0.05, 0.1) is 19.0 Å². The summed E-state index contributed by atoms with van der Waals surface area (Å²) < 4.78 is 27.3. The summed E-state index contributed by atoms with van der Waals surface area (Å²) in [5.74, 6) is -3.30. The maximum absolute atomic E-state index is 13.7. The van der Waals surface area contributed by atoms with Crippen molar-refractivity contribution < 1.29 is 13.6 Å². The molecule has 0 bridgehead atoms. The number of benzene rings is 1. The molecule has 1 aromatic carbocycles. The summed E-state index contributed by atoms with van der Waals surface area (Å²) in [6.45, 7) is 0.641. The Balaban J connectivity index is 1.65. The Morgan fingerprint density at radius 2 is 2.06 bits per heavy atom. The van der Waals surface area contributed by atoms with Crippen LogP contribution in [0, 0.1) is 16.7 Å². The zero-order valence-corrected chi connectivity index (χ0v) is 20.0. The molecule has 184 valence electrons. The van der Waals surface area contributed by atoms with E-state index in [0.717, 1.165) is 25.7 Å². The van der Waals surface area contributed by atoms with Crippen LogP contribution in [0.15, 0.2) is 30.3 Å².